The van der Waals surface area contributed by atoms with E-state index < -0.39 is 0 Å². The summed E-state index contributed by atoms with van der Waals surface area (Å²) >= 11 is 0. The zero-order chi connectivity index (χ0) is 11.9. The van der Waals surface area contributed by atoms with Gasteiger partial charge in [-0.15, -0.1) is 0 Å². The number of hydrogen-bond acceptors (Lipinski definition) is 3. The molecule has 0 bridgehead atoms. The normalized spacial score (nSPS) is 9.88. The molecule has 0 saturated carbocycles. The Labute approximate surface area is 100 Å². The van der Waals surface area contributed by atoms with Gasteiger partial charge in [-0.2, -0.15) is 4.91 Å². The Balaban J connectivity index is 2.05. The molecule has 0 amide bonds. The number of nitrogens with zero attached hydrogens (tertiary/aromatic N) is 1. The molecule has 0 fully saturated rings. The minimum atomic E-state index is 0.181. The van der Waals surface area contributed by atoms with Crippen molar-refractivity contribution in [2.75, 3.05) is 13.2 Å². The third kappa shape index (κ3) is 3.14. The second-order valence-corrected chi connectivity index (χ2v) is 3.59. The first-order valence-corrected chi connectivity index (χ1v) is 5.47. The van der Waals surface area contributed by atoms with E-state index in [9.17, 15) is 4.91 Å². The lowest BCUT2D eigenvalue weighted by Crippen LogP contribution is -1.99. The molecule has 0 radical (unpaired) electrons. The topological polar surface area (TPSA) is 38.7 Å². The molecular formula is C14H13NO2. The fourth-order valence-corrected chi connectivity index (χ4v) is 1.57. The molecule has 3 nitrogen and oxygen atoms in total. The molecular weight excluding hydrogens is 214 g/mol. The molecule has 0 atom stereocenters. The van der Waals surface area contributed by atoms with Gasteiger partial charge in [-0.3, -0.25) is 0 Å². The molecule has 0 spiro atoms. The van der Waals surface area contributed by atoms with Crippen LogP contribution in [0.1, 0.15) is 0 Å². The van der Waals surface area contributed by atoms with Crippen LogP contribution >= 0.6 is 0 Å². The van der Waals surface area contributed by atoms with Crippen LogP contribution in [0.5, 0.6) is 5.75 Å². The van der Waals surface area contributed by atoms with Crippen molar-refractivity contribution in [1.29, 1.82) is 0 Å². The summed E-state index contributed by atoms with van der Waals surface area (Å²) in [6.45, 7) is 0.509. The number of benzene rings is 2. The van der Waals surface area contributed by atoms with Crippen molar-refractivity contribution in [3.63, 3.8) is 0 Å². The second-order valence-electron chi connectivity index (χ2n) is 3.59. The molecule has 0 aliphatic carbocycles. The van der Waals surface area contributed by atoms with Crippen LogP contribution in [0.25, 0.3) is 11.1 Å². The van der Waals surface area contributed by atoms with Crippen molar-refractivity contribution in [2.24, 2.45) is 5.18 Å². The van der Waals surface area contributed by atoms with Crippen LogP contribution in [-0.4, -0.2) is 13.2 Å². The van der Waals surface area contributed by atoms with E-state index in [1.165, 1.54) is 5.56 Å². The third-order valence-corrected chi connectivity index (χ3v) is 2.41. The summed E-state index contributed by atoms with van der Waals surface area (Å²) in [5.41, 5.74) is 2.32. The summed E-state index contributed by atoms with van der Waals surface area (Å²) in [6, 6.07) is 17.9. The zero-order valence-electron chi connectivity index (χ0n) is 9.37. The highest BCUT2D eigenvalue weighted by atomic mass is 16.5. The Hall–Kier alpha value is -2.16. The Morgan fingerprint density at radius 2 is 1.53 bits per heavy atom. The summed E-state index contributed by atoms with van der Waals surface area (Å²) < 4.78 is 5.34. The highest BCUT2D eigenvalue weighted by Gasteiger charge is 1.97. The quantitative estimate of drug-likeness (QED) is 0.579. The lowest BCUT2D eigenvalue weighted by molar-refractivity contribution is 0.328. The predicted octanol–water partition coefficient (Wildman–Crippen LogP) is 3.50. The van der Waals surface area contributed by atoms with Crippen molar-refractivity contribution in [2.45, 2.75) is 0 Å². The minimum absolute atomic E-state index is 0.181. The standard InChI is InChI=1S/C14H13NO2/c16-15-10-11-17-14-8-6-13(7-9-14)12-4-2-1-3-5-12/h1-9H,10-11H2. The maximum atomic E-state index is 9.90. The average molecular weight is 227 g/mol. The van der Waals surface area contributed by atoms with E-state index in [0.717, 1.165) is 11.3 Å². The van der Waals surface area contributed by atoms with E-state index in [0.29, 0.717) is 6.61 Å². The number of ether oxygens (including phenoxy) is 1. The second kappa shape index (κ2) is 5.80. The summed E-state index contributed by atoms with van der Waals surface area (Å²) in [6.07, 6.45) is 0. The lowest BCUT2D eigenvalue weighted by atomic mass is 10.1. The van der Waals surface area contributed by atoms with Gasteiger partial charge in [0.1, 0.15) is 18.9 Å². The fraction of sp³-hybridized carbons (Fsp3) is 0.143. The van der Waals surface area contributed by atoms with Crippen LogP contribution in [-0.2, 0) is 0 Å². The molecule has 2 aromatic carbocycles. The average Bonchev–Trinajstić information content (AvgIpc) is 2.41. The van der Waals surface area contributed by atoms with Gasteiger partial charge in [0, 0.05) is 0 Å². The summed E-state index contributed by atoms with van der Waals surface area (Å²) in [5.74, 6) is 0.758. The van der Waals surface area contributed by atoms with Gasteiger partial charge in [0.05, 0.1) is 0 Å². The molecule has 0 aliphatic heterocycles. The van der Waals surface area contributed by atoms with E-state index in [1.54, 1.807) is 0 Å². The molecule has 2 aromatic rings. The molecule has 0 heterocycles. The van der Waals surface area contributed by atoms with Gasteiger partial charge in [-0.1, -0.05) is 47.6 Å². The van der Waals surface area contributed by atoms with Crippen LogP contribution in [0.2, 0.25) is 0 Å². The first-order valence-electron chi connectivity index (χ1n) is 5.47. The van der Waals surface area contributed by atoms with Crippen molar-refractivity contribution >= 4 is 0 Å². The van der Waals surface area contributed by atoms with E-state index in [4.69, 9.17) is 4.74 Å². The van der Waals surface area contributed by atoms with Crippen molar-refractivity contribution in [3.8, 4) is 16.9 Å². The van der Waals surface area contributed by atoms with Crippen LogP contribution in [0.15, 0.2) is 59.8 Å². The monoisotopic (exact) mass is 227 g/mol. The first-order chi connectivity index (χ1) is 8.40. The zero-order valence-corrected chi connectivity index (χ0v) is 9.37. The highest BCUT2D eigenvalue weighted by molar-refractivity contribution is 5.63. The van der Waals surface area contributed by atoms with E-state index in [-0.39, 0.29) is 6.54 Å². The van der Waals surface area contributed by atoms with Gasteiger partial charge < -0.3 is 4.74 Å². The predicted molar refractivity (Wildman–Crippen MR) is 68.0 cm³/mol. The molecule has 0 N–H and O–H groups in total. The maximum absolute atomic E-state index is 9.90. The van der Waals surface area contributed by atoms with Gasteiger partial charge in [0.15, 0.2) is 0 Å². The van der Waals surface area contributed by atoms with Gasteiger partial charge >= 0.3 is 0 Å². The summed E-state index contributed by atoms with van der Waals surface area (Å²) in [5, 5.41) is 2.74. The minimum Gasteiger partial charge on any atom is -0.492 e. The SMILES string of the molecule is O=NCCOc1ccc(-c2ccccc2)cc1. The Morgan fingerprint density at radius 3 is 2.18 bits per heavy atom. The van der Waals surface area contributed by atoms with Crippen LogP contribution in [0, 0.1) is 4.91 Å². The molecule has 17 heavy (non-hydrogen) atoms. The summed E-state index contributed by atoms with van der Waals surface area (Å²) in [4.78, 5) is 9.90. The fourth-order valence-electron chi connectivity index (χ4n) is 1.57. The number of hydrogen-bond donors (Lipinski definition) is 0. The lowest BCUT2D eigenvalue weighted by Gasteiger charge is -2.05. The van der Waals surface area contributed by atoms with E-state index >= 15 is 0 Å². The van der Waals surface area contributed by atoms with Crippen molar-refractivity contribution < 1.29 is 4.74 Å². The van der Waals surface area contributed by atoms with Crippen LogP contribution < -0.4 is 4.74 Å². The first kappa shape index (κ1) is 11.3. The van der Waals surface area contributed by atoms with Gasteiger partial charge in [0.2, 0.25) is 0 Å². The Bertz CT molecular complexity index is 465. The smallest absolute Gasteiger partial charge is 0.119 e. The molecule has 0 unspecified atom stereocenters. The van der Waals surface area contributed by atoms with Crippen molar-refractivity contribution in [3.05, 3.63) is 59.5 Å². The van der Waals surface area contributed by atoms with Crippen LogP contribution in [0.4, 0.5) is 0 Å². The van der Waals surface area contributed by atoms with Gasteiger partial charge in [-0.05, 0) is 23.3 Å². The molecule has 0 aliphatic rings. The number of nitroso groups, excluding NO2 is 1. The highest BCUT2D eigenvalue weighted by Crippen LogP contribution is 2.21. The van der Waals surface area contributed by atoms with Gasteiger partial charge in [0.25, 0.3) is 0 Å². The van der Waals surface area contributed by atoms with Crippen molar-refractivity contribution in [1.82, 2.24) is 0 Å². The Morgan fingerprint density at radius 1 is 0.882 bits per heavy atom. The number of rotatable bonds is 5. The molecule has 3 heteroatoms. The van der Waals surface area contributed by atoms with Crippen LogP contribution in [0.3, 0.4) is 0 Å². The van der Waals surface area contributed by atoms with E-state index in [2.05, 4.69) is 17.3 Å². The molecule has 86 valence electrons. The molecule has 2 rings (SSSR count). The summed E-state index contributed by atoms with van der Waals surface area (Å²) in [7, 11) is 0. The largest absolute Gasteiger partial charge is 0.492 e. The Kier molecular flexibility index (Phi) is 3.86. The maximum Gasteiger partial charge on any atom is 0.119 e. The van der Waals surface area contributed by atoms with Gasteiger partial charge in [-0.25, -0.2) is 0 Å². The third-order valence-electron chi connectivity index (χ3n) is 2.41. The molecule has 0 aromatic heterocycles. The molecule has 0 saturated heterocycles. The van der Waals surface area contributed by atoms with E-state index in [1.807, 2.05) is 42.5 Å².